The number of nitrogens with zero attached hydrogens (tertiary/aromatic N) is 1. The Bertz CT molecular complexity index is 1000. The van der Waals surface area contributed by atoms with Gasteiger partial charge < -0.3 is 24.5 Å². The van der Waals surface area contributed by atoms with E-state index in [-0.39, 0.29) is 5.91 Å². The molecular formula is C21H26F3N3O6. The Morgan fingerprint density at radius 3 is 2.52 bits per heavy atom. The Balaban J connectivity index is 0.000000383. The van der Waals surface area contributed by atoms with Gasteiger partial charge in [-0.2, -0.15) is 13.2 Å². The van der Waals surface area contributed by atoms with Crippen molar-refractivity contribution in [3.63, 3.8) is 0 Å². The number of rotatable bonds is 5. The number of fused-ring (bicyclic) bond motifs is 1. The number of oxazole rings is 1. The van der Waals surface area contributed by atoms with Gasteiger partial charge in [0.25, 0.3) is 0 Å². The molecule has 0 saturated carbocycles. The molecule has 1 aromatic carbocycles. The minimum Gasteiger partial charge on any atom is -0.475 e. The fraction of sp³-hybridized carbons (Fsp3) is 0.571. The van der Waals surface area contributed by atoms with Crippen LogP contribution >= 0.6 is 0 Å². The van der Waals surface area contributed by atoms with Gasteiger partial charge in [-0.25, -0.2) is 9.59 Å². The number of nitrogens with one attached hydrogen (secondary N) is 2. The monoisotopic (exact) mass is 473 g/mol. The third-order valence-corrected chi connectivity index (χ3v) is 5.59. The van der Waals surface area contributed by atoms with Crippen LogP contribution in [0.5, 0.6) is 0 Å². The third kappa shape index (κ3) is 7.32. The van der Waals surface area contributed by atoms with E-state index < -0.39 is 17.9 Å². The number of carbonyl (C=O) groups excluding carboxylic acids is 1. The van der Waals surface area contributed by atoms with Crippen LogP contribution in [-0.2, 0) is 20.7 Å². The summed E-state index contributed by atoms with van der Waals surface area (Å²) < 4.78 is 42.4. The lowest BCUT2D eigenvalue weighted by Crippen LogP contribution is -2.46. The van der Waals surface area contributed by atoms with Crippen molar-refractivity contribution in [2.75, 3.05) is 26.2 Å². The predicted octanol–water partition coefficient (Wildman–Crippen LogP) is 2.06. The van der Waals surface area contributed by atoms with E-state index in [0.717, 1.165) is 57.5 Å². The van der Waals surface area contributed by atoms with Crippen molar-refractivity contribution in [3.8, 4) is 0 Å². The molecule has 12 heteroatoms. The highest BCUT2D eigenvalue weighted by atomic mass is 19.4. The number of amides is 1. The first-order chi connectivity index (χ1) is 15.6. The molecule has 1 aromatic heterocycles. The third-order valence-electron chi connectivity index (χ3n) is 5.59. The lowest BCUT2D eigenvalue weighted by atomic mass is 10.0. The Labute approximate surface area is 186 Å². The van der Waals surface area contributed by atoms with E-state index in [1.807, 2.05) is 17.0 Å². The molecule has 2 aliphatic heterocycles. The van der Waals surface area contributed by atoms with Crippen LogP contribution in [0, 0.1) is 0 Å². The van der Waals surface area contributed by atoms with Gasteiger partial charge in [0.15, 0.2) is 5.58 Å². The Kier molecular flexibility index (Phi) is 8.14. The summed E-state index contributed by atoms with van der Waals surface area (Å²) in [5, 5.41) is 10.7. The summed E-state index contributed by atoms with van der Waals surface area (Å²) in [5.41, 5.74) is 2.04. The molecular weight excluding hydrogens is 447 g/mol. The number of carboxylic acids is 1. The summed E-state index contributed by atoms with van der Waals surface area (Å²) in [5.74, 6) is -3.10. The van der Waals surface area contributed by atoms with Crippen LogP contribution in [0.1, 0.15) is 31.2 Å². The number of piperidine rings is 1. The van der Waals surface area contributed by atoms with Crippen LogP contribution in [-0.4, -0.2) is 71.4 Å². The number of aromatic amines is 1. The lowest BCUT2D eigenvalue weighted by molar-refractivity contribution is -0.192. The molecule has 1 unspecified atom stereocenters. The molecule has 3 N–H and O–H groups in total. The van der Waals surface area contributed by atoms with Crippen molar-refractivity contribution in [2.24, 2.45) is 0 Å². The number of H-pyrrole nitrogens is 1. The summed E-state index contributed by atoms with van der Waals surface area (Å²) in [6.45, 7) is 3.37. The molecule has 4 rings (SSSR count). The topological polar surface area (TPSA) is 125 Å². The van der Waals surface area contributed by atoms with Crippen LogP contribution in [0.25, 0.3) is 11.1 Å². The van der Waals surface area contributed by atoms with Crippen molar-refractivity contribution in [1.82, 2.24) is 15.2 Å². The number of ether oxygens (including phenoxy) is 1. The zero-order chi connectivity index (χ0) is 24.0. The number of halogens is 3. The number of aliphatic carboxylic acids is 1. The highest BCUT2D eigenvalue weighted by Gasteiger charge is 2.38. The molecule has 2 saturated heterocycles. The first-order valence-corrected chi connectivity index (χ1v) is 10.7. The van der Waals surface area contributed by atoms with Crippen LogP contribution in [0.4, 0.5) is 13.2 Å². The van der Waals surface area contributed by atoms with Crippen LogP contribution in [0.3, 0.4) is 0 Å². The Morgan fingerprint density at radius 1 is 1.21 bits per heavy atom. The first kappa shape index (κ1) is 24.8. The van der Waals surface area contributed by atoms with Crippen molar-refractivity contribution in [1.29, 1.82) is 0 Å². The van der Waals surface area contributed by atoms with Crippen LogP contribution < -0.4 is 11.1 Å². The number of hydrogen-bond acceptors (Lipinski definition) is 6. The van der Waals surface area contributed by atoms with E-state index in [1.165, 1.54) is 0 Å². The van der Waals surface area contributed by atoms with Crippen LogP contribution in [0.15, 0.2) is 27.4 Å². The van der Waals surface area contributed by atoms with E-state index in [4.69, 9.17) is 19.1 Å². The number of benzene rings is 1. The Morgan fingerprint density at radius 2 is 1.91 bits per heavy atom. The van der Waals surface area contributed by atoms with E-state index in [9.17, 15) is 22.8 Å². The van der Waals surface area contributed by atoms with E-state index in [1.54, 1.807) is 6.07 Å². The highest BCUT2D eigenvalue weighted by molar-refractivity contribution is 5.81. The van der Waals surface area contributed by atoms with Crippen molar-refractivity contribution < 1.29 is 37.0 Å². The molecule has 33 heavy (non-hydrogen) atoms. The lowest BCUT2D eigenvalue weighted by Gasteiger charge is -2.33. The van der Waals surface area contributed by atoms with Crippen molar-refractivity contribution in [2.45, 2.75) is 50.4 Å². The van der Waals surface area contributed by atoms with E-state index in [2.05, 4.69) is 10.3 Å². The molecule has 0 aliphatic carbocycles. The smallest absolute Gasteiger partial charge is 0.475 e. The number of carbonyl (C=O) groups is 2. The number of carboxylic acid groups (broad SMARTS) is 1. The molecule has 9 nitrogen and oxygen atoms in total. The van der Waals surface area contributed by atoms with Gasteiger partial charge in [0.1, 0.15) is 0 Å². The largest absolute Gasteiger partial charge is 0.490 e. The maximum absolute atomic E-state index is 12.6. The predicted molar refractivity (Wildman–Crippen MR) is 111 cm³/mol. The summed E-state index contributed by atoms with van der Waals surface area (Å²) in [7, 11) is 0. The number of alkyl halides is 3. The number of aromatic nitrogens is 1. The van der Waals surface area contributed by atoms with Gasteiger partial charge in [-0.1, -0.05) is 6.07 Å². The number of hydrogen-bond donors (Lipinski definition) is 3. The van der Waals surface area contributed by atoms with Gasteiger partial charge >= 0.3 is 17.9 Å². The summed E-state index contributed by atoms with van der Waals surface area (Å²) in [6.07, 6.45) is -0.107. The molecule has 0 spiro atoms. The molecule has 2 aromatic rings. The summed E-state index contributed by atoms with van der Waals surface area (Å²) >= 11 is 0. The molecule has 182 valence electrons. The minimum absolute atomic E-state index is 0.132. The second-order valence-corrected chi connectivity index (χ2v) is 8.02. The molecule has 0 bridgehead atoms. The normalized spacial score (nSPS) is 19.4. The van der Waals surface area contributed by atoms with E-state index >= 15 is 0 Å². The molecule has 0 radical (unpaired) electrons. The fourth-order valence-corrected chi connectivity index (χ4v) is 3.83. The number of likely N-dealkylation sites (tertiary alicyclic amines) is 1. The van der Waals surface area contributed by atoms with Crippen molar-refractivity contribution >= 4 is 23.0 Å². The zero-order valence-corrected chi connectivity index (χ0v) is 17.8. The molecule has 2 aliphatic rings. The van der Waals surface area contributed by atoms with Crippen LogP contribution in [0.2, 0.25) is 0 Å². The average Bonchev–Trinajstić information content (AvgIpc) is 3.40. The van der Waals surface area contributed by atoms with Gasteiger partial charge in [0.2, 0.25) is 5.91 Å². The summed E-state index contributed by atoms with van der Waals surface area (Å²) in [6, 6.07) is 5.86. The second-order valence-electron chi connectivity index (χ2n) is 8.02. The van der Waals surface area contributed by atoms with Gasteiger partial charge in [0, 0.05) is 32.3 Å². The zero-order valence-electron chi connectivity index (χ0n) is 17.8. The molecule has 1 amide bonds. The van der Waals surface area contributed by atoms with Gasteiger partial charge in [-0.15, -0.1) is 0 Å². The molecule has 1 atom stereocenters. The first-order valence-electron chi connectivity index (χ1n) is 10.7. The SMILES string of the molecule is O=C(Cc1ccc2oc(=O)[nH]c2c1)N1CCC(NCC2CCCO2)CC1.O=C(O)C(F)(F)F. The Hall–Kier alpha value is -2.86. The molecule has 2 fully saturated rings. The maximum atomic E-state index is 12.6. The maximum Gasteiger partial charge on any atom is 0.490 e. The fourth-order valence-electron chi connectivity index (χ4n) is 3.83. The summed E-state index contributed by atoms with van der Waals surface area (Å²) in [4.78, 5) is 37.3. The van der Waals surface area contributed by atoms with Gasteiger partial charge in [-0.3, -0.25) is 9.78 Å². The minimum atomic E-state index is -5.08. The van der Waals surface area contributed by atoms with E-state index in [0.29, 0.717) is 29.7 Å². The quantitative estimate of drug-likeness (QED) is 0.607. The van der Waals surface area contributed by atoms with Gasteiger partial charge in [-0.05, 0) is 43.4 Å². The second kappa shape index (κ2) is 10.8. The average molecular weight is 473 g/mol. The standard InChI is InChI=1S/C19H25N3O4.C2HF3O2/c23-18(11-13-3-4-17-16(10-13)21-19(24)26-17)22-7-5-14(6-8-22)20-12-15-2-1-9-25-15;3-2(4,5)1(6)7/h3-4,10,14-15,20H,1-2,5-9,11-12H2,(H,21,24);(H,6,7). The van der Waals surface area contributed by atoms with Gasteiger partial charge in [0.05, 0.1) is 18.0 Å². The van der Waals surface area contributed by atoms with Crippen molar-refractivity contribution in [3.05, 3.63) is 34.3 Å². The molecule has 3 heterocycles. The highest BCUT2D eigenvalue weighted by Crippen LogP contribution is 2.17.